The Hall–Kier alpha value is -3.43. The monoisotopic (exact) mass is 511 g/mol. The Morgan fingerprint density at radius 3 is 2.68 bits per heavy atom. The average Bonchev–Trinajstić information content (AvgIpc) is 3.02. The number of anilines is 2. The third kappa shape index (κ3) is 6.87. The number of hydrogen-bond donors (Lipinski definition) is 2. The molecule has 0 aromatic carbocycles. The number of aliphatic carboxylic acids is 1. The lowest BCUT2D eigenvalue weighted by atomic mass is 9.79. The van der Waals surface area contributed by atoms with Gasteiger partial charge in [0.1, 0.15) is 18.0 Å². The van der Waals surface area contributed by atoms with E-state index in [2.05, 4.69) is 28.8 Å². The maximum Gasteiger partial charge on any atom is 0.321 e. The van der Waals surface area contributed by atoms with Gasteiger partial charge in [0.05, 0.1) is 25.0 Å². The summed E-state index contributed by atoms with van der Waals surface area (Å²) in [7, 11) is 0. The fraction of sp³-hybridized carbons (Fsp3) is 0.593. The zero-order valence-electron chi connectivity index (χ0n) is 21.7. The SMILES string of the molecule is CC(C)CCCCOc1nc(N)c2c(n1)OCCN(c1ccc(C3CCC(CC(=O)O)CC3)nc1)C2=O. The summed E-state index contributed by atoms with van der Waals surface area (Å²) < 4.78 is 11.4. The summed E-state index contributed by atoms with van der Waals surface area (Å²) in [6.45, 7) is 5.43. The highest BCUT2D eigenvalue weighted by Gasteiger charge is 2.31. The first-order chi connectivity index (χ1) is 17.8. The van der Waals surface area contributed by atoms with Gasteiger partial charge in [-0.3, -0.25) is 14.6 Å². The van der Waals surface area contributed by atoms with Crippen molar-refractivity contribution >= 4 is 23.4 Å². The Morgan fingerprint density at radius 1 is 1.22 bits per heavy atom. The van der Waals surface area contributed by atoms with Gasteiger partial charge >= 0.3 is 12.0 Å². The number of nitrogens with two attached hydrogens (primary N) is 1. The lowest BCUT2D eigenvalue weighted by Gasteiger charge is -2.27. The molecule has 10 nitrogen and oxygen atoms in total. The first-order valence-corrected chi connectivity index (χ1v) is 13.2. The Labute approximate surface area is 217 Å². The Bertz CT molecular complexity index is 1080. The molecule has 0 spiro atoms. The molecule has 0 saturated heterocycles. The Balaban J connectivity index is 1.40. The van der Waals surface area contributed by atoms with Gasteiger partial charge in [-0.15, -0.1) is 0 Å². The molecular formula is C27H37N5O5. The summed E-state index contributed by atoms with van der Waals surface area (Å²) in [4.78, 5) is 39.1. The normalized spacial score (nSPS) is 19.8. The minimum Gasteiger partial charge on any atom is -0.481 e. The molecule has 10 heteroatoms. The van der Waals surface area contributed by atoms with Crippen molar-refractivity contribution in [3.05, 3.63) is 29.6 Å². The second-order valence-corrected chi connectivity index (χ2v) is 10.4. The van der Waals surface area contributed by atoms with E-state index in [0.29, 0.717) is 30.7 Å². The van der Waals surface area contributed by atoms with Crippen LogP contribution in [0.25, 0.3) is 0 Å². The van der Waals surface area contributed by atoms with Crippen LogP contribution < -0.4 is 20.1 Å². The number of nitrogens with zero attached hydrogens (tertiary/aromatic N) is 4. The molecule has 3 N–H and O–H groups in total. The van der Waals surface area contributed by atoms with Crippen molar-refractivity contribution in [2.45, 2.75) is 71.1 Å². The zero-order valence-corrected chi connectivity index (χ0v) is 21.7. The van der Waals surface area contributed by atoms with Gasteiger partial charge in [-0.05, 0) is 62.5 Å². The van der Waals surface area contributed by atoms with Crippen molar-refractivity contribution in [2.24, 2.45) is 11.8 Å². The number of carboxylic acid groups (broad SMARTS) is 1. The van der Waals surface area contributed by atoms with Gasteiger partial charge in [0, 0.05) is 18.0 Å². The number of pyridine rings is 1. The number of ether oxygens (including phenoxy) is 2. The molecule has 2 aromatic rings. The molecule has 1 aliphatic heterocycles. The van der Waals surface area contributed by atoms with Crippen LogP contribution >= 0.6 is 0 Å². The van der Waals surface area contributed by atoms with Crippen LogP contribution in [0.5, 0.6) is 11.9 Å². The third-order valence-electron chi connectivity index (χ3n) is 7.11. The van der Waals surface area contributed by atoms with E-state index in [1.54, 1.807) is 11.1 Å². The molecule has 1 amide bonds. The second kappa shape index (κ2) is 12.2. The number of carboxylic acids is 1. The minimum absolute atomic E-state index is 0.0294. The average molecular weight is 512 g/mol. The van der Waals surface area contributed by atoms with Gasteiger partial charge in [-0.2, -0.15) is 9.97 Å². The van der Waals surface area contributed by atoms with Crippen molar-refractivity contribution in [3.8, 4) is 11.9 Å². The molecular weight excluding hydrogens is 474 g/mol. The van der Waals surface area contributed by atoms with E-state index in [9.17, 15) is 9.59 Å². The van der Waals surface area contributed by atoms with Crippen LogP contribution in [0.3, 0.4) is 0 Å². The van der Waals surface area contributed by atoms with Gasteiger partial charge in [0.2, 0.25) is 5.88 Å². The number of carbonyl (C=O) groups excluding carboxylic acids is 1. The number of carbonyl (C=O) groups is 2. The maximum absolute atomic E-state index is 13.4. The highest BCUT2D eigenvalue weighted by atomic mass is 16.5. The van der Waals surface area contributed by atoms with Crippen molar-refractivity contribution in [1.29, 1.82) is 0 Å². The quantitative estimate of drug-likeness (QED) is 0.443. The third-order valence-corrected chi connectivity index (χ3v) is 7.11. The molecule has 200 valence electrons. The van der Waals surface area contributed by atoms with E-state index in [1.807, 2.05) is 12.1 Å². The number of fused-ring (bicyclic) bond motifs is 1. The second-order valence-electron chi connectivity index (χ2n) is 10.4. The van der Waals surface area contributed by atoms with Gasteiger partial charge in [-0.25, -0.2) is 0 Å². The molecule has 2 aliphatic rings. The van der Waals surface area contributed by atoms with Crippen LogP contribution in [-0.4, -0.2) is 51.7 Å². The summed E-state index contributed by atoms with van der Waals surface area (Å²) in [5.74, 6) is 0.296. The van der Waals surface area contributed by atoms with E-state index < -0.39 is 5.97 Å². The maximum atomic E-state index is 13.4. The number of unbranched alkanes of at least 4 members (excludes halogenated alkanes) is 1. The van der Waals surface area contributed by atoms with Gasteiger partial charge in [-0.1, -0.05) is 20.3 Å². The van der Waals surface area contributed by atoms with Crippen LogP contribution in [0.15, 0.2) is 18.3 Å². The van der Waals surface area contributed by atoms with Crippen LogP contribution in [0.2, 0.25) is 0 Å². The summed E-state index contributed by atoms with van der Waals surface area (Å²) in [5.41, 5.74) is 7.91. The van der Waals surface area contributed by atoms with Crippen LogP contribution in [0.4, 0.5) is 11.5 Å². The van der Waals surface area contributed by atoms with Gasteiger partial charge < -0.3 is 25.2 Å². The number of hydrogen-bond acceptors (Lipinski definition) is 8. The summed E-state index contributed by atoms with van der Waals surface area (Å²) in [5, 5.41) is 9.03. The van der Waals surface area contributed by atoms with Crippen molar-refractivity contribution < 1.29 is 24.2 Å². The van der Waals surface area contributed by atoms with Crippen LogP contribution in [-0.2, 0) is 4.79 Å². The van der Waals surface area contributed by atoms with Crippen LogP contribution in [0, 0.1) is 11.8 Å². The molecule has 37 heavy (non-hydrogen) atoms. The molecule has 3 heterocycles. The number of amides is 1. The molecule has 0 atom stereocenters. The van der Waals surface area contributed by atoms with Crippen molar-refractivity contribution in [3.63, 3.8) is 0 Å². The molecule has 0 unspecified atom stereocenters. The van der Waals surface area contributed by atoms with Crippen molar-refractivity contribution in [1.82, 2.24) is 15.0 Å². The predicted molar refractivity (Wildman–Crippen MR) is 139 cm³/mol. The van der Waals surface area contributed by atoms with Crippen LogP contribution in [0.1, 0.15) is 87.2 Å². The number of rotatable bonds is 10. The number of aromatic nitrogens is 3. The minimum atomic E-state index is -0.731. The molecule has 1 fully saturated rings. The fourth-order valence-electron chi connectivity index (χ4n) is 5.05. The lowest BCUT2D eigenvalue weighted by Crippen LogP contribution is -2.33. The topological polar surface area (TPSA) is 141 Å². The zero-order chi connectivity index (χ0) is 26.4. The van der Waals surface area contributed by atoms with E-state index in [0.717, 1.165) is 50.6 Å². The Kier molecular flexibility index (Phi) is 8.78. The van der Waals surface area contributed by atoms with Gasteiger partial charge in [0.25, 0.3) is 5.91 Å². The largest absolute Gasteiger partial charge is 0.481 e. The molecule has 1 aliphatic carbocycles. The molecule has 4 rings (SSSR count). The smallest absolute Gasteiger partial charge is 0.321 e. The van der Waals surface area contributed by atoms with E-state index in [1.165, 1.54) is 0 Å². The standard InChI is InChI=1S/C27H37N5O5/c1-17(2)5-3-4-13-37-27-30-24(28)23-25(31-27)36-14-12-32(26(23)35)20-10-11-21(29-16-20)19-8-6-18(7-9-19)15-22(33)34/h10-11,16-19H,3-9,12-15H2,1-2H3,(H,33,34)(H2,28,30,31). The molecule has 2 aromatic heterocycles. The highest BCUT2D eigenvalue weighted by molar-refractivity contribution is 6.10. The van der Waals surface area contributed by atoms with E-state index in [-0.39, 0.29) is 48.1 Å². The molecule has 0 bridgehead atoms. The predicted octanol–water partition coefficient (Wildman–Crippen LogP) is 4.45. The summed E-state index contributed by atoms with van der Waals surface area (Å²) in [6, 6.07) is 3.96. The Morgan fingerprint density at radius 2 is 2.00 bits per heavy atom. The van der Waals surface area contributed by atoms with Crippen molar-refractivity contribution in [2.75, 3.05) is 30.4 Å². The lowest BCUT2D eigenvalue weighted by molar-refractivity contribution is -0.138. The summed E-state index contributed by atoms with van der Waals surface area (Å²) >= 11 is 0. The van der Waals surface area contributed by atoms with E-state index >= 15 is 0 Å². The molecule has 0 radical (unpaired) electrons. The van der Waals surface area contributed by atoms with E-state index in [4.69, 9.17) is 20.3 Å². The summed E-state index contributed by atoms with van der Waals surface area (Å²) in [6.07, 6.45) is 8.64. The molecule has 1 saturated carbocycles. The first-order valence-electron chi connectivity index (χ1n) is 13.2. The highest BCUT2D eigenvalue weighted by Crippen LogP contribution is 2.37. The first kappa shape index (κ1) is 26.6. The van der Waals surface area contributed by atoms with Gasteiger partial charge in [0.15, 0.2) is 0 Å². The number of nitrogen functional groups attached to an aromatic ring is 1. The fourth-order valence-corrected chi connectivity index (χ4v) is 5.05.